The van der Waals surface area contributed by atoms with Gasteiger partial charge in [-0.15, -0.1) is 11.3 Å². The molecule has 0 aliphatic heterocycles. The van der Waals surface area contributed by atoms with Crippen molar-refractivity contribution in [3.8, 4) is 11.3 Å². The van der Waals surface area contributed by atoms with E-state index in [0.717, 1.165) is 16.8 Å². The predicted octanol–water partition coefficient (Wildman–Crippen LogP) is 3.99. The Hall–Kier alpha value is -2.47. The molecule has 0 unspecified atom stereocenters. The largest absolute Gasteiger partial charge is 0.351 e. The number of aromatic nitrogens is 2. The van der Waals surface area contributed by atoms with Crippen LogP contribution in [-0.2, 0) is 0 Å². The number of carbonyl (C=O) groups is 1. The highest BCUT2D eigenvalue weighted by atomic mass is 32.1. The van der Waals surface area contributed by atoms with E-state index in [9.17, 15) is 4.79 Å². The van der Waals surface area contributed by atoms with Gasteiger partial charge in [-0.1, -0.05) is 36.8 Å². The molecule has 21 heavy (non-hydrogen) atoms. The smallest absolute Gasteiger partial charge is 0.296 e. The number of amides is 1. The van der Waals surface area contributed by atoms with Crippen LogP contribution in [0.15, 0.2) is 46.4 Å². The van der Waals surface area contributed by atoms with E-state index in [2.05, 4.69) is 15.5 Å². The van der Waals surface area contributed by atoms with Crippen molar-refractivity contribution in [1.29, 1.82) is 0 Å². The lowest BCUT2D eigenvalue weighted by atomic mass is 10.1. The Morgan fingerprint density at radius 2 is 2.10 bits per heavy atom. The van der Waals surface area contributed by atoms with Gasteiger partial charge in [-0.25, -0.2) is 4.98 Å². The van der Waals surface area contributed by atoms with E-state index < -0.39 is 0 Å². The topological polar surface area (TPSA) is 68.0 Å². The summed E-state index contributed by atoms with van der Waals surface area (Å²) in [4.78, 5) is 16.2. The fraction of sp³-hybridized carbons (Fsp3) is 0.133. The summed E-state index contributed by atoms with van der Waals surface area (Å²) in [6, 6.07) is 9.49. The van der Waals surface area contributed by atoms with Crippen molar-refractivity contribution in [1.82, 2.24) is 10.1 Å². The minimum absolute atomic E-state index is 0. The van der Waals surface area contributed by atoms with Crippen LogP contribution in [0.2, 0.25) is 0 Å². The predicted molar refractivity (Wildman–Crippen MR) is 83.5 cm³/mol. The molecule has 2 heterocycles. The molecule has 1 aromatic carbocycles. The number of carbonyl (C=O) groups excluding carboxylic acids is 1. The molecule has 3 aromatic rings. The number of benzene rings is 1. The van der Waals surface area contributed by atoms with Crippen LogP contribution in [0.1, 0.15) is 23.5 Å². The monoisotopic (exact) mass is 301 g/mol. The molecule has 3 rings (SSSR count). The van der Waals surface area contributed by atoms with E-state index in [0.29, 0.717) is 5.13 Å². The van der Waals surface area contributed by atoms with E-state index in [1.165, 1.54) is 23.6 Å². The third-order valence-electron chi connectivity index (χ3n) is 2.81. The van der Waals surface area contributed by atoms with Crippen LogP contribution in [0.4, 0.5) is 5.13 Å². The molecule has 0 saturated heterocycles. The normalized spacial score (nSPS) is 9.95. The van der Waals surface area contributed by atoms with Crippen molar-refractivity contribution in [2.45, 2.75) is 14.4 Å². The quantitative estimate of drug-likeness (QED) is 0.794. The highest BCUT2D eigenvalue weighted by Gasteiger charge is 2.13. The van der Waals surface area contributed by atoms with Gasteiger partial charge < -0.3 is 4.52 Å². The van der Waals surface area contributed by atoms with E-state index >= 15 is 0 Å². The van der Waals surface area contributed by atoms with E-state index in [4.69, 9.17) is 4.52 Å². The summed E-state index contributed by atoms with van der Waals surface area (Å²) in [6.45, 7) is 2.03. The average Bonchev–Trinajstić information content (AvgIpc) is 3.10. The summed E-state index contributed by atoms with van der Waals surface area (Å²) in [5.41, 5.74) is 3.05. The van der Waals surface area contributed by atoms with Gasteiger partial charge in [0.05, 0.1) is 11.9 Å². The molecule has 5 nitrogen and oxygen atoms in total. The molecule has 2 aromatic heterocycles. The number of anilines is 1. The maximum Gasteiger partial charge on any atom is 0.296 e. The highest BCUT2D eigenvalue weighted by Crippen LogP contribution is 2.27. The second-order valence-corrected chi connectivity index (χ2v) is 5.04. The fourth-order valence-electron chi connectivity index (χ4n) is 1.81. The molecule has 1 amide bonds. The number of nitrogens with one attached hydrogen (secondary N) is 1. The second kappa shape index (κ2) is 6.32. The number of nitrogens with zero attached hydrogens (tertiary/aromatic N) is 2. The summed E-state index contributed by atoms with van der Waals surface area (Å²) >= 11 is 1.37. The second-order valence-electron chi connectivity index (χ2n) is 4.18. The molecule has 0 fully saturated rings. The first-order valence-corrected chi connectivity index (χ1v) is 6.85. The molecule has 0 radical (unpaired) electrons. The first kappa shape index (κ1) is 14.9. The average molecular weight is 301 g/mol. The minimum atomic E-state index is -0.354. The van der Waals surface area contributed by atoms with Crippen LogP contribution < -0.4 is 5.32 Å². The lowest BCUT2D eigenvalue weighted by Crippen LogP contribution is -2.10. The van der Waals surface area contributed by atoms with Crippen molar-refractivity contribution in [2.75, 3.05) is 5.32 Å². The summed E-state index contributed by atoms with van der Waals surface area (Å²) in [6.07, 6.45) is 1.43. The minimum Gasteiger partial charge on any atom is -0.351 e. The zero-order chi connectivity index (χ0) is 13.9. The third kappa shape index (κ3) is 3.17. The number of hydrogen-bond donors (Lipinski definition) is 1. The van der Waals surface area contributed by atoms with Crippen molar-refractivity contribution in [3.05, 3.63) is 53.2 Å². The first-order valence-electron chi connectivity index (χ1n) is 5.97. The number of aryl methyl sites for hydroxylation is 1. The number of rotatable bonds is 3. The molecule has 0 saturated carbocycles. The molecule has 0 aliphatic carbocycles. The van der Waals surface area contributed by atoms with Crippen LogP contribution in [0, 0.1) is 6.92 Å². The van der Waals surface area contributed by atoms with Crippen LogP contribution >= 0.6 is 11.3 Å². The van der Waals surface area contributed by atoms with Gasteiger partial charge in [-0.05, 0) is 12.5 Å². The summed E-state index contributed by atoms with van der Waals surface area (Å²) < 4.78 is 4.79. The SMILES string of the molecule is C.Cc1ccccc1-c1csc(NC(=O)c2ccno2)n1. The van der Waals surface area contributed by atoms with Gasteiger partial charge in [-0.3, -0.25) is 10.1 Å². The molecule has 0 atom stereocenters. The van der Waals surface area contributed by atoms with Gasteiger partial charge in [-0.2, -0.15) is 0 Å². The van der Waals surface area contributed by atoms with Gasteiger partial charge in [0.2, 0.25) is 5.76 Å². The maximum absolute atomic E-state index is 11.8. The van der Waals surface area contributed by atoms with Crippen LogP contribution in [-0.4, -0.2) is 16.0 Å². The van der Waals surface area contributed by atoms with Crippen molar-refractivity contribution in [2.24, 2.45) is 0 Å². The lowest BCUT2D eigenvalue weighted by molar-refractivity contribution is 0.0988. The van der Waals surface area contributed by atoms with Gasteiger partial charge >= 0.3 is 0 Å². The fourth-order valence-corrected chi connectivity index (χ4v) is 2.51. The molecular weight excluding hydrogens is 286 g/mol. The Labute approximate surface area is 126 Å². The maximum atomic E-state index is 11.8. The van der Waals surface area contributed by atoms with Crippen LogP contribution in [0.3, 0.4) is 0 Å². The third-order valence-corrected chi connectivity index (χ3v) is 3.57. The summed E-state index contributed by atoms with van der Waals surface area (Å²) in [5.74, 6) is -0.189. The highest BCUT2D eigenvalue weighted by molar-refractivity contribution is 7.14. The molecule has 0 aliphatic rings. The van der Waals surface area contributed by atoms with Crippen molar-refractivity contribution >= 4 is 22.4 Å². The zero-order valence-electron chi connectivity index (χ0n) is 10.7. The lowest BCUT2D eigenvalue weighted by Gasteiger charge is -2.01. The van der Waals surface area contributed by atoms with Gasteiger partial charge in [0, 0.05) is 17.0 Å². The number of hydrogen-bond acceptors (Lipinski definition) is 5. The van der Waals surface area contributed by atoms with Crippen molar-refractivity contribution < 1.29 is 9.32 Å². The van der Waals surface area contributed by atoms with Crippen LogP contribution in [0.5, 0.6) is 0 Å². The molecular formula is C15H15N3O2S. The van der Waals surface area contributed by atoms with E-state index in [1.54, 1.807) is 0 Å². The Balaban J connectivity index is 0.00000161. The Morgan fingerprint density at radius 1 is 1.29 bits per heavy atom. The molecule has 1 N–H and O–H groups in total. The van der Waals surface area contributed by atoms with E-state index in [1.807, 2.05) is 36.6 Å². The molecule has 6 heteroatoms. The zero-order valence-corrected chi connectivity index (χ0v) is 11.5. The van der Waals surface area contributed by atoms with Gasteiger partial charge in [0.25, 0.3) is 5.91 Å². The summed E-state index contributed by atoms with van der Waals surface area (Å²) in [5, 5.41) is 8.63. The Bertz CT molecular complexity index is 735. The Morgan fingerprint density at radius 3 is 2.81 bits per heavy atom. The Kier molecular flexibility index (Phi) is 4.49. The van der Waals surface area contributed by atoms with Crippen molar-refractivity contribution in [3.63, 3.8) is 0 Å². The van der Waals surface area contributed by atoms with E-state index in [-0.39, 0.29) is 19.1 Å². The summed E-state index contributed by atoms with van der Waals surface area (Å²) in [7, 11) is 0. The first-order chi connectivity index (χ1) is 9.74. The molecule has 0 spiro atoms. The standard InChI is InChI=1S/C14H11N3O2S.CH4/c1-9-4-2-3-5-10(9)11-8-20-14(16-11)17-13(18)12-6-7-15-19-12;/h2-8H,1H3,(H,16,17,18);1H4. The number of thiazole rings is 1. The molecule has 0 bridgehead atoms. The van der Waals surface area contributed by atoms with Crippen LogP contribution in [0.25, 0.3) is 11.3 Å². The molecule has 108 valence electrons. The van der Waals surface area contributed by atoms with Gasteiger partial charge in [0.1, 0.15) is 0 Å². The van der Waals surface area contributed by atoms with Gasteiger partial charge in [0.15, 0.2) is 5.13 Å².